The molecule has 0 bridgehead atoms. The third-order valence-electron chi connectivity index (χ3n) is 2.94. The largest absolute Gasteiger partial charge is 0.497 e. The number of ether oxygens (including phenoxy) is 2. The molecule has 5 heteroatoms. The Labute approximate surface area is 128 Å². The summed E-state index contributed by atoms with van der Waals surface area (Å²) in [7, 11) is 2.99. The molecular formula is C17H16FNO3. The molecule has 4 nitrogen and oxygen atoms in total. The summed E-state index contributed by atoms with van der Waals surface area (Å²) in [5.74, 6) is 0.209. The Morgan fingerprint density at radius 2 is 1.95 bits per heavy atom. The maximum atomic E-state index is 13.1. The number of halogens is 1. The third kappa shape index (κ3) is 4.09. The van der Waals surface area contributed by atoms with Crippen molar-refractivity contribution in [2.45, 2.75) is 0 Å². The number of hydrogen-bond donors (Lipinski definition) is 1. The Bertz CT molecular complexity index is 698. The minimum absolute atomic E-state index is 0.267. The van der Waals surface area contributed by atoms with Crippen LogP contribution in [0.1, 0.15) is 5.56 Å². The van der Waals surface area contributed by atoms with Gasteiger partial charge in [-0.2, -0.15) is 0 Å². The molecule has 2 aromatic carbocycles. The molecule has 0 atom stereocenters. The van der Waals surface area contributed by atoms with Gasteiger partial charge in [-0.05, 0) is 35.9 Å². The van der Waals surface area contributed by atoms with E-state index in [9.17, 15) is 9.18 Å². The molecule has 1 amide bonds. The zero-order chi connectivity index (χ0) is 15.9. The second-order valence-corrected chi connectivity index (χ2v) is 4.44. The SMILES string of the molecule is COc1cccc(/C=C/C(=O)Nc2ccc(F)cc2OC)c1. The van der Waals surface area contributed by atoms with Crippen molar-refractivity contribution < 1.29 is 18.7 Å². The number of carbonyl (C=O) groups is 1. The van der Waals surface area contributed by atoms with E-state index in [0.717, 1.165) is 5.56 Å². The van der Waals surface area contributed by atoms with Gasteiger partial charge in [0, 0.05) is 12.1 Å². The van der Waals surface area contributed by atoms with Crippen LogP contribution in [0.5, 0.6) is 11.5 Å². The lowest BCUT2D eigenvalue weighted by Gasteiger charge is -2.08. The zero-order valence-corrected chi connectivity index (χ0v) is 12.3. The summed E-state index contributed by atoms with van der Waals surface area (Å²) in [6.07, 6.45) is 3.05. The first-order chi connectivity index (χ1) is 10.6. The quantitative estimate of drug-likeness (QED) is 0.860. The van der Waals surface area contributed by atoms with E-state index in [1.165, 1.54) is 31.4 Å². The van der Waals surface area contributed by atoms with Crippen molar-refractivity contribution in [3.63, 3.8) is 0 Å². The lowest BCUT2D eigenvalue weighted by atomic mass is 10.2. The van der Waals surface area contributed by atoms with Crippen LogP contribution in [-0.2, 0) is 4.79 Å². The number of methoxy groups -OCH3 is 2. The summed E-state index contributed by atoms with van der Waals surface area (Å²) in [4.78, 5) is 11.9. The molecule has 0 saturated heterocycles. The highest BCUT2D eigenvalue weighted by Gasteiger charge is 2.06. The van der Waals surface area contributed by atoms with Crippen LogP contribution in [0.2, 0.25) is 0 Å². The fourth-order valence-corrected chi connectivity index (χ4v) is 1.86. The maximum absolute atomic E-state index is 13.1. The summed E-state index contributed by atoms with van der Waals surface area (Å²) >= 11 is 0. The summed E-state index contributed by atoms with van der Waals surface area (Å²) < 4.78 is 23.2. The normalized spacial score (nSPS) is 10.5. The van der Waals surface area contributed by atoms with Crippen molar-refractivity contribution in [3.05, 3.63) is 59.9 Å². The van der Waals surface area contributed by atoms with Gasteiger partial charge in [-0.3, -0.25) is 4.79 Å². The molecule has 0 aliphatic rings. The van der Waals surface area contributed by atoms with Gasteiger partial charge in [0.15, 0.2) is 0 Å². The number of benzene rings is 2. The van der Waals surface area contributed by atoms with Crippen LogP contribution in [0, 0.1) is 5.82 Å². The monoisotopic (exact) mass is 301 g/mol. The first-order valence-corrected chi connectivity index (χ1v) is 6.59. The van der Waals surface area contributed by atoms with Gasteiger partial charge in [-0.1, -0.05) is 12.1 Å². The number of carbonyl (C=O) groups excluding carboxylic acids is 1. The minimum Gasteiger partial charge on any atom is -0.497 e. The van der Waals surface area contributed by atoms with E-state index in [4.69, 9.17) is 9.47 Å². The number of rotatable bonds is 5. The molecule has 114 valence electrons. The highest BCUT2D eigenvalue weighted by molar-refractivity contribution is 6.02. The fourth-order valence-electron chi connectivity index (χ4n) is 1.86. The molecule has 0 unspecified atom stereocenters. The second-order valence-electron chi connectivity index (χ2n) is 4.44. The van der Waals surface area contributed by atoms with Crippen LogP contribution < -0.4 is 14.8 Å². The van der Waals surface area contributed by atoms with E-state index in [-0.39, 0.29) is 11.7 Å². The molecule has 0 saturated carbocycles. The molecule has 1 N–H and O–H groups in total. The zero-order valence-electron chi connectivity index (χ0n) is 12.3. The molecule has 2 aromatic rings. The average molecular weight is 301 g/mol. The van der Waals surface area contributed by atoms with Crippen LogP contribution in [-0.4, -0.2) is 20.1 Å². The molecule has 0 aromatic heterocycles. The van der Waals surface area contributed by atoms with Crippen molar-refractivity contribution >= 4 is 17.7 Å². The van der Waals surface area contributed by atoms with Gasteiger partial charge in [0.2, 0.25) is 5.91 Å². The van der Waals surface area contributed by atoms with Gasteiger partial charge in [-0.15, -0.1) is 0 Å². The van der Waals surface area contributed by atoms with Crippen LogP contribution in [0.15, 0.2) is 48.5 Å². The van der Waals surface area contributed by atoms with Crippen LogP contribution in [0.4, 0.5) is 10.1 Å². The summed E-state index contributed by atoms with van der Waals surface area (Å²) in [6.45, 7) is 0. The number of anilines is 1. The number of amides is 1. The lowest BCUT2D eigenvalue weighted by molar-refractivity contribution is -0.111. The molecule has 0 aliphatic carbocycles. The van der Waals surface area contributed by atoms with Crippen LogP contribution >= 0.6 is 0 Å². The summed E-state index contributed by atoms with van der Waals surface area (Å²) in [6, 6.07) is 11.2. The van der Waals surface area contributed by atoms with E-state index >= 15 is 0 Å². The Kier molecular flexibility index (Phi) is 5.14. The van der Waals surface area contributed by atoms with E-state index in [1.807, 2.05) is 24.3 Å². The minimum atomic E-state index is -0.429. The first-order valence-electron chi connectivity index (χ1n) is 6.59. The first kappa shape index (κ1) is 15.6. The molecule has 0 spiro atoms. The topological polar surface area (TPSA) is 47.6 Å². The maximum Gasteiger partial charge on any atom is 0.248 e. The third-order valence-corrected chi connectivity index (χ3v) is 2.94. The van der Waals surface area contributed by atoms with Gasteiger partial charge in [0.05, 0.1) is 19.9 Å². The van der Waals surface area contributed by atoms with Gasteiger partial charge in [0.1, 0.15) is 17.3 Å². The van der Waals surface area contributed by atoms with E-state index < -0.39 is 5.82 Å². The smallest absolute Gasteiger partial charge is 0.248 e. The molecular weight excluding hydrogens is 285 g/mol. The molecule has 0 fully saturated rings. The van der Waals surface area contributed by atoms with Gasteiger partial charge in [0.25, 0.3) is 0 Å². The fraction of sp³-hybridized carbons (Fsp3) is 0.118. The Morgan fingerprint density at radius 1 is 1.14 bits per heavy atom. The van der Waals surface area contributed by atoms with Gasteiger partial charge < -0.3 is 14.8 Å². The van der Waals surface area contributed by atoms with Gasteiger partial charge >= 0.3 is 0 Å². The van der Waals surface area contributed by atoms with Crippen molar-refractivity contribution in [2.24, 2.45) is 0 Å². The predicted molar refractivity (Wildman–Crippen MR) is 83.6 cm³/mol. The highest BCUT2D eigenvalue weighted by atomic mass is 19.1. The number of nitrogens with one attached hydrogen (secondary N) is 1. The van der Waals surface area contributed by atoms with Crippen molar-refractivity contribution in [1.29, 1.82) is 0 Å². The molecule has 0 radical (unpaired) electrons. The molecule has 2 rings (SSSR count). The molecule has 22 heavy (non-hydrogen) atoms. The van der Waals surface area contributed by atoms with Gasteiger partial charge in [-0.25, -0.2) is 4.39 Å². The van der Waals surface area contributed by atoms with Crippen LogP contribution in [0.3, 0.4) is 0 Å². The Hall–Kier alpha value is -2.82. The van der Waals surface area contributed by atoms with Crippen molar-refractivity contribution in [2.75, 3.05) is 19.5 Å². The molecule has 0 heterocycles. The lowest BCUT2D eigenvalue weighted by Crippen LogP contribution is -2.09. The Morgan fingerprint density at radius 3 is 2.68 bits per heavy atom. The van der Waals surface area contributed by atoms with E-state index in [1.54, 1.807) is 13.2 Å². The second kappa shape index (κ2) is 7.26. The predicted octanol–water partition coefficient (Wildman–Crippen LogP) is 3.49. The average Bonchev–Trinajstić information content (AvgIpc) is 2.54. The van der Waals surface area contributed by atoms with E-state index in [2.05, 4.69) is 5.32 Å². The van der Waals surface area contributed by atoms with E-state index in [0.29, 0.717) is 11.4 Å². The van der Waals surface area contributed by atoms with Crippen molar-refractivity contribution in [3.8, 4) is 11.5 Å². The number of hydrogen-bond acceptors (Lipinski definition) is 3. The highest BCUT2D eigenvalue weighted by Crippen LogP contribution is 2.24. The standard InChI is InChI=1S/C17H16FNO3/c1-21-14-5-3-4-12(10-14)6-9-17(20)19-15-8-7-13(18)11-16(15)22-2/h3-11H,1-2H3,(H,19,20)/b9-6+. The molecule has 0 aliphatic heterocycles. The summed E-state index contributed by atoms with van der Waals surface area (Å²) in [5, 5.41) is 2.64. The Balaban J connectivity index is 2.08. The summed E-state index contributed by atoms with van der Waals surface area (Å²) in [5.41, 5.74) is 1.24. The van der Waals surface area contributed by atoms with Crippen molar-refractivity contribution in [1.82, 2.24) is 0 Å². The van der Waals surface area contributed by atoms with Crippen LogP contribution in [0.25, 0.3) is 6.08 Å².